The van der Waals surface area contributed by atoms with E-state index in [9.17, 15) is 13.9 Å². The summed E-state index contributed by atoms with van der Waals surface area (Å²) in [6, 6.07) is 8.60. The second-order valence-electron chi connectivity index (χ2n) is 4.77. The number of hydrogen-bond donors (Lipinski definition) is 2. The Morgan fingerprint density at radius 2 is 1.70 bits per heavy atom. The summed E-state index contributed by atoms with van der Waals surface area (Å²) in [5, 5.41) is 12.7. The molecule has 0 amide bonds. The van der Waals surface area contributed by atoms with Crippen LogP contribution < -0.4 is 5.32 Å². The van der Waals surface area contributed by atoms with Crippen molar-refractivity contribution in [3.63, 3.8) is 0 Å². The van der Waals surface area contributed by atoms with Crippen molar-refractivity contribution in [1.82, 2.24) is 5.32 Å². The van der Waals surface area contributed by atoms with Gasteiger partial charge in [-0.05, 0) is 61.3 Å². The fraction of sp³-hybridized carbons (Fsp3) is 0.250. The highest BCUT2D eigenvalue weighted by molar-refractivity contribution is 5.32. The largest absolute Gasteiger partial charge is 0.508 e. The molecular formula is C16H17F2NO. The van der Waals surface area contributed by atoms with E-state index in [0.717, 1.165) is 17.5 Å². The summed E-state index contributed by atoms with van der Waals surface area (Å²) in [4.78, 5) is 0. The Balaban J connectivity index is 1.86. The molecule has 0 saturated carbocycles. The topological polar surface area (TPSA) is 32.3 Å². The van der Waals surface area contributed by atoms with Crippen LogP contribution in [0, 0.1) is 18.6 Å². The van der Waals surface area contributed by atoms with E-state index >= 15 is 0 Å². The number of benzene rings is 2. The molecule has 0 saturated heterocycles. The maximum Gasteiger partial charge on any atom is 0.123 e. The van der Waals surface area contributed by atoms with Crippen molar-refractivity contribution in [2.75, 3.05) is 6.54 Å². The third-order valence-corrected chi connectivity index (χ3v) is 3.23. The maximum atomic E-state index is 13.0. The Morgan fingerprint density at radius 1 is 1.00 bits per heavy atom. The zero-order valence-electron chi connectivity index (χ0n) is 11.3. The van der Waals surface area contributed by atoms with Crippen LogP contribution in [0.25, 0.3) is 0 Å². The van der Waals surface area contributed by atoms with Crippen LogP contribution in [0.1, 0.15) is 16.7 Å². The number of rotatable bonds is 5. The molecule has 0 radical (unpaired) electrons. The summed E-state index contributed by atoms with van der Waals surface area (Å²) >= 11 is 0. The molecule has 0 aliphatic carbocycles. The molecule has 0 aliphatic heterocycles. The first-order valence-corrected chi connectivity index (χ1v) is 6.49. The minimum Gasteiger partial charge on any atom is -0.508 e. The van der Waals surface area contributed by atoms with Crippen LogP contribution in [0.4, 0.5) is 8.78 Å². The molecule has 0 atom stereocenters. The summed E-state index contributed by atoms with van der Waals surface area (Å²) in [5.74, 6) is -0.519. The van der Waals surface area contributed by atoms with Gasteiger partial charge in [0.15, 0.2) is 0 Å². The first-order chi connectivity index (χ1) is 9.56. The van der Waals surface area contributed by atoms with Crippen molar-refractivity contribution in [2.45, 2.75) is 19.9 Å². The molecular weight excluding hydrogens is 260 g/mol. The minimum absolute atomic E-state index is 0.0804. The Morgan fingerprint density at radius 3 is 2.45 bits per heavy atom. The molecule has 2 aromatic carbocycles. The Labute approximate surface area is 117 Å². The normalized spacial score (nSPS) is 10.8. The van der Waals surface area contributed by atoms with E-state index in [1.807, 2.05) is 6.92 Å². The average molecular weight is 277 g/mol. The van der Waals surface area contributed by atoms with Crippen LogP contribution in [-0.2, 0) is 13.0 Å². The van der Waals surface area contributed by atoms with Crippen molar-refractivity contribution >= 4 is 0 Å². The molecule has 0 aliphatic rings. The van der Waals surface area contributed by atoms with Crippen molar-refractivity contribution < 1.29 is 13.9 Å². The number of nitrogens with one attached hydrogen (secondary N) is 1. The molecule has 4 heteroatoms. The van der Waals surface area contributed by atoms with Gasteiger partial charge < -0.3 is 10.4 Å². The van der Waals surface area contributed by atoms with Crippen LogP contribution in [0.15, 0.2) is 36.4 Å². The third-order valence-electron chi connectivity index (χ3n) is 3.23. The van der Waals surface area contributed by atoms with Gasteiger partial charge in [-0.2, -0.15) is 0 Å². The van der Waals surface area contributed by atoms with E-state index in [1.165, 1.54) is 30.3 Å². The van der Waals surface area contributed by atoms with Crippen LogP contribution in [0.3, 0.4) is 0 Å². The number of aromatic hydroxyl groups is 1. The number of hydrogen-bond acceptors (Lipinski definition) is 2. The van der Waals surface area contributed by atoms with Crippen LogP contribution in [0.2, 0.25) is 0 Å². The Bertz CT molecular complexity index is 599. The summed E-state index contributed by atoms with van der Waals surface area (Å²) in [7, 11) is 0. The lowest BCUT2D eigenvalue weighted by atomic mass is 10.1. The van der Waals surface area contributed by atoms with Crippen LogP contribution in [0.5, 0.6) is 5.75 Å². The van der Waals surface area contributed by atoms with E-state index in [2.05, 4.69) is 5.32 Å². The molecule has 2 aromatic rings. The second kappa shape index (κ2) is 6.48. The third kappa shape index (κ3) is 3.78. The number of phenols is 1. The highest BCUT2D eigenvalue weighted by atomic mass is 19.1. The molecule has 0 heterocycles. The lowest BCUT2D eigenvalue weighted by Crippen LogP contribution is -2.17. The van der Waals surface area contributed by atoms with Crippen molar-refractivity contribution in [3.05, 3.63) is 64.7 Å². The second-order valence-corrected chi connectivity index (χ2v) is 4.77. The van der Waals surface area contributed by atoms with Gasteiger partial charge in [-0.3, -0.25) is 0 Å². The van der Waals surface area contributed by atoms with Crippen LogP contribution >= 0.6 is 0 Å². The van der Waals surface area contributed by atoms with Gasteiger partial charge in [0.2, 0.25) is 0 Å². The standard InChI is InChI=1S/C16H17F2NO/c1-11-8-14(17)3-2-12(11)6-7-19-10-13-9-15(18)4-5-16(13)20/h2-5,8-9,19-20H,6-7,10H2,1H3. The van der Waals surface area contributed by atoms with E-state index in [4.69, 9.17) is 0 Å². The monoisotopic (exact) mass is 277 g/mol. The zero-order chi connectivity index (χ0) is 14.5. The van der Waals surface area contributed by atoms with Crippen molar-refractivity contribution in [1.29, 1.82) is 0 Å². The van der Waals surface area contributed by atoms with Gasteiger partial charge in [-0.1, -0.05) is 6.07 Å². The number of halogens is 2. The molecule has 0 bridgehead atoms. The average Bonchev–Trinajstić information content (AvgIpc) is 2.40. The molecule has 0 spiro atoms. The van der Waals surface area contributed by atoms with Crippen molar-refractivity contribution in [2.24, 2.45) is 0 Å². The first-order valence-electron chi connectivity index (χ1n) is 6.49. The summed E-state index contributed by atoms with van der Waals surface area (Å²) < 4.78 is 26.0. The minimum atomic E-state index is -0.367. The number of aryl methyl sites for hydroxylation is 1. The molecule has 2 N–H and O–H groups in total. The van der Waals surface area contributed by atoms with Gasteiger partial charge in [0.05, 0.1) is 0 Å². The van der Waals surface area contributed by atoms with E-state index < -0.39 is 0 Å². The molecule has 106 valence electrons. The molecule has 2 rings (SSSR count). The molecule has 0 aromatic heterocycles. The van der Waals surface area contributed by atoms with Gasteiger partial charge in [0, 0.05) is 12.1 Å². The SMILES string of the molecule is Cc1cc(F)ccc1CCNCc1cc(F)ccc1O. The van der Waals surface area contributed by atoms with E-state index in [-0.39, 0.29) is 17.4 Å². The summed E-state index contributed by atoms with van der Waals surface area (Å²) in [6.45, 7) is 2.93. The van der Waals surface area contributed by atoms with Crippen LogP contribution in [-0.4, -0.2) is 11.7 Å². The van der Waals surface area contributed by atoms with E-state index in [0.29, 0.717) is 18.7 Å². The molecule has 2 nitrogen and oxygen atoms in total. The Hall–Kier alpha value is -1.94. The summed E-state index contributed by atoms with van der Waals surface area (Å²) in [5.41, 5.74) is 2.52. The maximum absolute atomic E-state index is 13.0. The Kier molecular flexibility index (Phi) is 4.69. The molecule has 0 fully saturated rings. The van der Waals surface area contributed by atoms with E-state index in [1.54, 1.807) is 6.07 Å². The lowest BCUT2D eigenvalue weighted by Gasteiger charge is -2.09. The predicted molar refractivity (Wildman–Crippen MR) is 74.6 cm³/mol. The predicted octanol–water partition coefficient (Wildman–Crippen LogP) is 3.31. The van der Waals surface area contributed by atoms with Crippen molar-refractivity contribution in [3.8, 4) is 5.75 Å². The fourth-order valence-corrected chi connectivity index (χ4v) is 2.08. The highest BCUT2D eigenvalue weighted by Crippen LogP contribution is 2.17. The number of phenolic OH excluding ortho intramolecular Hbond substituents is 1. The summed E-state index contributed by atoms with van der Waals surface area (Å²) in [6.07, 6.45) is 0.752. The zero-order valence-corrected chi connectivity index (χ0v) is 11.3. The molecule has 0 unspecified atom stereocenters. The van der Waals surface area contributed by atoms with Gasteiger partial charge >= 0.3 is 0 Å². The highest BCUT2D eigenvalue weighted by Gasteiger charge is 2.03. The van der Waals surface area contributed by atoms with Gasteiger partial charge in [-0.25, -0.2) is 8.78 Å². The fourth-order valence-electron chi connectivity index (χ4n) is 2.08. The lowest BCUT2D eigenvalue weighted by molar-refractivity contribution is 0.461. The van der Waals surface area contributed by atoms with Gasteiger partial charge in [0.1, 0.15) is 17.4 Å². The molecule has 20 heavy (non-hydrogen) atoms. The van der Waals surface area contributed by atoms with Gasteiger partial charge in [-0.15, -0.1) is 0 Å². The van der Waals surface area contributed by atoms with Gasteiger partial charge in [0.25, 0.3) is 0 Å². The quantitative estimate of drug-likeness (QED) is 0.822. The smallest absolute Gasteiger partial charge is 0.123 e. The first kappa shape index (κ1) is 14.5.